The van der Waals surface area contributed by atoms with Crippen molar-refractivity contribution in [3.05, 3.63) is 84.2 Å². The lowest BCUT2D eigenvalue weighted by molar-refractivity contribution is 0.258. The zero-order valence-electron chi connectivity index (χ0n) is 15.5. The molecule has 3 rings (SSSR count). The summed E-state index contributed by atoms with van der Waals surface area (Å²) in [4.78, 5) is 6.44. The molecule has 2 aromatic carbocycles. The van der Waals surface area contributed by atoms with Crippen LogP contribution in [0.5, 0.6) is 5.75 Å². The molecule has 0 bridgehead atoms. The SMILES string of the molecule is COc1cc(-c2ccccc2)ccc1CN(CCC#N)Cc1cccnc1. The summed E-state index contributed by atoms with van der Waals surface area (Å²) in [6.07, 6.45) is 4.13. The van der Waals surface area contributed by atoms with Gasteiger partial charge in [-0.1, -0.05) is 48.5 Å². The van der Waals surface area contributed by atoms with E-state index >= 15 is 0 Å². The van der Waals surface area contributed by atoms with Gasteiger partial charge in [0.1, 0.15) is 5.75 Å². The molecule has 0 unspecified atom stereocenters. The molecule has 0 fully saturated rings. The Hall–Kier alpha value is -3.16. The van der Waals surface area contributed by atoms with Crippen LogP contribution in [0, 0.1) is 11.3 Å². The first-order valence-electron chi connectivity index (χ1n) is 9.00. The lowest BCUT2D eigenvalue weighted by Gasteiger charge is -2.22. The molecule has 0 atom stereocenters. The number of hydrogen-bond donors (Lipinski definition) is 0. The zero-order chi connectivity index (χ0) is 18.9. The monoisotopic (exact) mass is 357 g/mol. The third-order valence-electron chi connectivity index (χ3n) is 4.46. The second kappa shape index (κ2) is 9.51. The Morgan fingerprint density at radius 3 is 2.56 bits per heavy atom. The summed E-state index contributed by atoms with van der Waals surface area (Å²) in [7, 11) is 1.70. The highest BCUT2D eigenvalue weighted by Gasteiger charge is 2.12. The van der Waals surface area contributed by atoms with Crippen molar-refractivity contribution in [3.63, 3.8) is 0 Å². The average Bonchev–Trinajstić information content (AvgIpc) is 2.73. The molecule has 0 aliphatic carbocycles. The number of aromatic nitrogens is 1. The lowest BCUT2D eigenvalue weighted by Crippen LogP contribution is -2.24. The molecule has 27 heavy (non-hydrogen) atoms. The Balaban J connectivity index is 1.81. The van der Waals surface area contributed by atoms with Gasteiger partial charge in [-0.25, -0.2) is 0 Å². The van der Waals surface area contributed by atoms with Crippen LogP contribution >= 0.6 is 0 Å². The normalized spacial score (nSPS) is 10.6. The summed E-state index contributed by atoms with van der Waals surface area (Å²) >= 11 is 0. The van der Waals surface area contributed by atoms with Gasteiger partial charge in [-0.15, -0.1) is 0 Å². The average molecular weight is 357 g/mol. The Bertz CT molecular complexity index is 889. The number of pyridine rings is 1. The minimum absolute atomic E-state index is 0.491. The van der Waals surface area contributed by atoms with Crippen LogP contribution in [-0.2, 0) is 13.1 Å². The van der Waals surface area contributed by atoms with E-state index in [0.717, 1.165) is 35.5 Å². The molecule has 0 amide bonds. The molecule has 0 aliphatic heterocycles. The summed E-state index contributed by atoms with van der Waals surface area (Å²) in [5.74, 6) is 0.865. The number of nitriles is 1. The van der Waals surface area contributed by atoms with Crippen LogP contribution in [0.1, 0.15) is 17.5 Å². The summed E-state index contributed by atoms with van der Waals surface area (Å²) < 4.78 is 5.66. The van der Waals surface area contributed by atoms with E-state index in [0.29, 0.717) is 13.0 Å². The highest BCUT2D eigenvalue weighted by atomic mass is 16.5. The Labute approximate surface area is 160 Å². The van der Waals surface area contributed by atoms with Gasteiger partial charge in [0.05, 0.1) is 13.2 Å². The molecule has 1 aromatic heterocycles. The number of hydrogen-bond acceptors (Lipinski definition) is 4. The largest absolute Gasteiger partial charge is 0.496 e. The highest BCUT2D eigenvalue weighted by molar-refractivity contribution is 5.66. The van der Waals surface area contributed by atoms with E-state index in [1.807, 2.05) is 30.5 Å². The van der Waals surface area contributed by atoms with E-state index in [2.05, 4.69) is 52.4 Å². The molecule has 0 saturated carbocycles. The topological polar surface area (TPSA) is 49.1 Å². The summed E-state index contributed by atoms with van der Waals surface area (Å²) in [5, 5.41) is 9.00. The van der Waals surface area contributed by atoms with E-state index < -0.39 is 0 Å². The van der Waals surface area contributed by atoms with Crippen LogP contribution in [0.15, 0.2) is 73.1 Å². The van der Waals surface area contributed by atoms with Crippen LogP contribution in [0.2, 0.25) is 0 Å². The van der Waals surface area contributed by atoms with Crippen molar-refractivity contribution in [2.75, 3.05) is 13.7 Å². The molecular weight excluding hydrogens is 334 g/mol. The van der Waals surface area contributed by atoms with Crippen LogP contribution in [0.25, 0.3) is 11.1 Å². The fraction of sp³-hybridized carbons (Fsp3) is 0.217. The second-order valence-electron chi connectivity index (χ2n) is 6.37. The molecule has 3 aromatic rings. The lowest BCUT2D eigenvalue weighted by atomic mass is 10.0. The van der Waals surface area contributed by atoms with Gasteiger partial charge < -0.3 is 4.74 Å². The molecule has 4 nitrogen and oxygen atoms in total. The van der Waals surface area contributed by atoms with Crippen LogP contribution in [-0.4, -0.2) is 23.5 Å². The Morgan fingerprint density at radius 2 is 1.85 bits per heavy atom. The first-order valence-corrected chi connectivity index (χ1v) is 9.00. The van der Waals surface area contributed by atoms with Crippen LogP contribution in [0.4, 0.5) is 0 Å². The molecule has 4 heteroatoms. The standard InChI is InChI=1S/C23H23N3O/c1-27-23-15-21(20-8-3-2-4-9-20)10-11-22(23)18-26(14-6-12-24)17-19-7-5-13-25-16-19/h2-5,7-11,13,15-16H,6,14,17-18H2,1H3. The molecule has 0 aliphatic rings. The van der Waals surface area contributed by atoms with Crippen LogP contribution < -0.4 is 4.74 Å². The maximum atomic E-state index is 9.00. The highest BCUT2D eigenvalue weighted by Crippen LogP contribution is 2.28. The van der Waals surface area contributed by atoms with E-state index in [1.54, 1.807) is 13.3 Å². The smallest absolute Gasteiger partial charge is 0.123 e. The maximum Gasteiger partial charge on any atom is 0.123 e. The van der Waals surface area contributed by atoms with Gasteiger partial charge in [-0.2, -0.15) is 5.26 Å². The molecule has 0 radical (unpaired) electrons. The van der Waals surface area contributed by atoms with Gasteiger partial charge in [-0.05, 0) is 28.8 Å². The van der Waals surface area contributed by atoms with Crippen molar-refractivity contribution in [3.8, 4) is 22.9 Å². The second-order valence-corrected chi connectivity index (χ2v) is 6.37. The van der Waals surface area contributed by atoms with Gasteiger partial charge in [0.15, 0.2) is 0 Å². The predicted octanol–water partition coefficient (Wildman–Crippen LogP) is 4.67. The van der Waals surface area contributed by atoms with Crippen LogP contribution in [0.3, 0.4) is 0 Å². The number of benzene rings is 2. The fourth-order valence-corrected chi connectivity index (χ4v) is 3.10. The maximum absolute atomic E-state index is 9.00. The molecule has 0 N–H and O–H groups in total. The summed E-state index contributed by atoms with van der Waals surface area (Å²) in [5.41, 5.74) is 4.54. The first kappa shape index (κ1) is 18.6. The Kier molecular flexibility index (Phi) is 6.56. The Morgan fingerprint density at radius 1 is 1.00 bits per heavy atom. The molecule has 0 saturated heterocycles. The summed E-state index contributed by atoms with van der Waals surface area (Å²) in [6.45, 7) is 2.17. The van der Waals surface area contributed by atoms with E-state index in [9.17, 15) is 0 Å². The third-order valence-corrected chi connectivity index (χ3v) is 4.46. The first-order chi connectivity index (χ1) is 13.3. The van der Waals surface area contributed by atoms with E-state index in [-0.39, 0.29) is 0 Å². The van der Waals surface area contributed by atoms with Gasteiger partial charge in [0, 0.05) is 44.0 Å². The number of nitrogens with zero attached hydrogens (tertiary/aromatic N) is 3. The number of rotatable bonds is 8. The van der Waals surface area contributed by atoms with Gasteiger partial charge in [-0.3, -0.25) is 9.88 Å². The van der Waals surface area contributed by atoms with Gasteiger partial charge >= 0.3 is 0 Å². The van der Waals surface area contributed by atoms with Crippen molar-refractivity contribution in [1.29, 1.82) is 5.26 Å². The molecule has 1 heterocycles. The molecule has 0 spiro atoms. The van der Waals surface area contributed by atoms with Crippen molar-refractivity contribution < 1.29 is 4.74 Å². The minimum Gasteiger partial charge on any atom is -0.496 e. The quantitative estimate of drug-likeness (QED) is 0.588. The number of methoxy groups -OCH3 is 1. The van der Waals surface area contributed by atoms with Gasteiger partial charge in [0.25, 0.3) is 0 Å². The van der Waals surface area contributed by atoms with Crippen molar-refractivity contribution >= 4 is 0 Å². The van der Waals surface area contributed by atoms with Crippen molar-refractivity contribution in [1.82, 2.24) is 9.88 Å². The van der Waals surface area contributed by atoms with E-state index in [4.69, 9.17) is 10.00 Å². The zero-order valence-corrected chi connectivity index (χ0v) is 15.5. The molecular formula is C23H23N3O. The summed E-state index contributed by atoms with van der Waals surface area (Å²) in [6, 6.07) is 22.8. The van der Waals surface area contributed by atoms with Crippen molar-refractivity contribution in [2.45, 2.75) is 19.5 Å². The fourth-order valence-electron chi connectivity index (χ4n) is 3.10. The minimum atomic E-state index is 0.491. The number of ether oxygens (including phenoxy) is 1. The van der Waals surface area contributed by atoms with Gasteiger partial charge in [0.2, 0.25) is 0 Å². The molecule has 136 valence electrons. The third kappa shape index (κ3) is 5.16. The van der Waals surface area contributed by atoms with Crippen molar-refractivity contribution in [2.24, 2.45) is 0 Å². The van der Waals surface area contributed by atoms with E-state index in [1.165, 1.54) is 5.56 Å². The predicted molar refractivity (Wildman–Crippen MR) is 107 cm³/mol.